The highest BCUT2D eigenvalue weighted by atomic mass is 16.3. The fourth-order valence-corrected chi connectivity index (χ4v) is 2.33. The van der Waals surface area contributed by atoms with Gasteiger partial charge in [-0.25, -0.2) is 4.68 Å². The van der Waals surface area contributed by atoms with E-state index in [2.05, 4.69) is 12.0 Å². The van der Waals surface area contributed by atoms with Crippen LogP contribution in [0.1, 0.15) is 44.3 Å². The van der Waals surface area contributed by atoms with Gasteiger partial charge in [0.05, 0.1) is 12.1 Å². The van der Waals surface area contributed by atoms with Crippen LogP contribution in [0.4, 0.5) is 0 Å². The lowest BCUT2D eigenvalue weighted by Gasteiger charge is -2.14. The maximum Gasteiger partial charge on any atom is 0.267 e. The van der Waals surface area contributed by atoms with E-state index in [-0.39, 0.29) is 17.7 Å². The number of aryl methyl sites for hydroxylation is 1. The van der Waals surface area contributed by atoms with E-state index in [0.29, 0.717) is 0 Å². The van der Waals surface area contributed by atoms with Crippen LogP contribution in [0.5, 0.6) is 0 Å². The molecule has 4 nitrogen and oxygen atoms in total. The van der Waals surface area contributed by atoms with Gasteiger partial charge in [-0.3, -0.25) is 9.89 Å². The van der Waals surface area contributed by atoms with Crippen LogP contribution in [-0.4, -0.2) is 21.0 Å². The van der Waals surface area contributed by atoms with E-state index in [0.717, 1.165) is 37.8 Å². The number of hydrogen-bond acceptors (Lipinski definition) is 2. The SMILES string of the molecule is CCCc1cc(=O)n(C2CCCC2O)[nH]1. The fraction of sp³-hybridized carbons (Fsp3) is 0.727. The monoisotopic (exact) mass is 210 g/mol. The molecule has 1 aliphatic carbocycles. The first-order valence-electron chi connectivity index (χ1n) is 5.71. The van der Waals surface area contributed by atoms with Gasteiger partial charge in [0.15, 0.2) is 0 Å². The van der Waals surface area contributed by atoms with Gasteiger partial charge < -0.3 is 5.11 Å². The van der Waals surface area contributed by atoms with E-state index in [1.807, 2.05) is 0 Å². The third-order valence-electron chi connectivity index (χ3n) is 3.09. The molecule has 1 heterocycles. The van der Waals surface area contributed by atoms with E-state index in [9.17, 15) is 9.90 Å². The standard InChI is InChI=1S/C11H18N2O2/c1-2-4-8-7-11(15)13(12-8)9-5-3-6-10(9)14/h7,9-10,12,14H,2-6H2,1H3. The molecule has 0 aliphatic heterocycles. The van der Waals surface area contributed by atoms with E-state index in [1.165, 1.54) is 0 Å². The van der Waals surface area contributed by atoms with Crippen LogP contribution in [0.2, 0.25) is 0 Å². The van der Waals surface area contributed by atoms with Crippen LogP contribution in [0.15, 0.2) is 10.9 Å². The molecule has 0 amide bonds. The average molecular weight is 210 g/mol. The Morgan fingerprint density at radius 2 is 2.40 bits per heavy atom. The van der Waals surface area contributed by atoms with Crippen molar-refractivity contribution in [2.45, 2.75) is 51.2 Å². The summed E-state index contributed by atoms with van der Waals surface area (Å²) < 4.78 is 1.60. The zero-order valence-electron chi connectivity index (χ0n) is 9.07. The maximum atomic E-state index is 11.7. The number of rotatable bonds is 3. The first-order chi connectivity index (χ1) is 7.22. The van der Waals surface area contributed by atoms with Gasteiger partial charge in [0.25, 0.3) is 5.56 Å². The molecule has 1 aromatic heterocycles. The Labute approximate surface area is 88.9 Å². The van der Waals surface area contributed by atoms with Crippen molar-refractivity contribution in [3.8, 4) is 0 Å². The molecular formula is C11H18N2O2. The number of hydrogen-bond donors (Lipinski definition) is 2. The van der Waals surface area contributed by atoms with Crippen molar-refractivity contribution in [2.24, 2.45) is 0 Å². The molecule has 1 fully saturated rings. The largest absolute Gasteiger partial charge is 0.391 e. The van der Waals surface area contributed by atoms with E-state index in [4.69, 9.17) is 0 Å². The van der Waals surface area contributed by atoms with Crippen LogP contribution in [-0.2, 0) is 6.42 Å². The zero-order chi connectivity index (χ0) is 10.8. The van der Waals surface area contributed by atoms with Gasteiger partial charge in [0.1, 0.15) is 0 Å². The van der Waals surface area contributed by atoms with Gasteiger partial charge >= 0.3 is 0 Å². The molecule has 0 saturated heterocycles. The van der Waals surface area contributed by atoms with Crippen LogP contribution in [0, 0.1) is 0 Å². The normalized spacial score (nSPS) is 26.0. The summed E-state index contributed by atoms with van der Waals surface area (Å²) >= 11 is 0. The fourth-order valence-electron chi connectivity index (χ4n) is 2.33. The van der Waals surface area contributed by atoms with Crippen molar-refractivity contribution < 1.29 is 5.11 Å². The maximum absolute atomic E-state index is 11.7. The molecule has 0 bridgehead atoms. The molecular weight excluding hydrogens is 192 g/mol. The van der Waals surface area contributed by atoms with Crippen molar-refractivity contribution in [3.05, 3.63) is 22.1 Å². The van der Waals surface area contributed by atoms with Gasteiger partial charge in [-0.1, -0.05) is 13.3 Å². The lowest BCUT2D eigenvalue weighted by atomic mass is 10.2. The van der Waals surface area contributed by atoms with Gasteiger partial charge in [-0.2, -0.15) is 0 Å². The van der Waals surface area contributed by atoms with E-state index < -0.39 is 0 Å². The topological polar surface area (TPSA) is 58.0 Å². The predicted octanol–water partition coefficient (Wildman–Crippen LogP) is 1.21. The highest BCUT2D eigenvalue weighted by Gasteiger charge is 2.28. The molecule has 1 aliphatic rings. The number of H-pyrrole nitrogens is 1. The third-order valence-corrected chi connectivity index (χ3v) is 3.09. The Kier molecular flexibility index (Phi) is 2.95. The lowest BCUT2D eigenvalue weighted by molar-refractivity contribution is 0.128. The van der Waals surface area contributed by atoms with Gasteiger partial charge in [-0.05, 0) is 25.7 Å². The third kappa shape index (κ3) is 2.00. The highest BCUT2D eigenvalue weighted by molar-refractivity contribution is 5.01. The van der Waals surface area contributed by atoms with Crippen LogP contribution < -0.4 is 5.56 Å². The minimum atomic E-state index is -0.365. The van der Waals surface area contributed by atoms with E-state index in [1.54, 1.807) is 10.7 Å². The molecule has 0 spiro atoms. The molecule has 2 unspecified atom stereocenters. The summed E-state index contributed by atoms with van der Waals surface area (Å²) in [6.45, 7) is 2.08. The predicted molar refractivity (Wildman–Crippen MR) is 57.9 cm³/mol. The molecule has 1 saturated carbocycles. The zero-order valence-corrected chi connectivity index (χ0v) is 9.07. The Morgan fingerprint density at radius 1 is 1.60 bits per heavy atom. The summed E-state index contributed by atoms with van der Waals surface area (Å²) in [6.07, 6.45) is 4.25. The van der Waals surface area contributed by atoms with Crippen molar-refractivity contribution in [3.63, 3.8) is 0 Å². The van der Waals surface area contributed by atoms with Gasteiger partial charge in [0.2, 0.25) is 0 Å². The lowest BCUT2D eigenvalue weighted by Crippen LogP contribution is -2.27. The number of aliphatic hydroxyl groups excluding tert-OH is 1. The second-order valence-corrected chi connectivity index (χ2v) is 4.31. The summed E-state index contributed by atoms with van der Waals surface area (Å²) in [6, 6.07) is 1.61. The number of aromatic nitrogens is 2. The quantitative estimate of drug-likeness (QED) is 0.788. The van der Waals surface area contributed by atoms with Crippen molar-refractivity contribution in [1.29, 1.82) is 0 Å². The van der Waals surface area contributed by atoms with Crippen molar-refractivity contribution in [1.82, 2.24) is 9.78 Å². The first kappa shape index (κ1) is 10.5. The van der Waals surface area contributed by atoms with E-state index >= 15 is 0 Å². The summed E-state index contributed by atoms with van der Waals surface area (Å²) in [5, 5.41) is 12.8. The number of aromatic amines is 1. The Morgan fingerprint density at radius 3 is 3.00 bits per heavy atom. The molecule has 2 N–H and O–H groups in total. The average Bonchev–Trinajstić information content (AvgIpc) is 2.73. The molecule has 84 valence electrons. The molecule has 4 heteroatoms. The Balaban J connectivity index is 2.23. The van der Waals surface area contributed by atoms with Crippen LogP contribution in [0.25, 0.3) is 0 Å². The smallest absolute Gasteiger partial charge is 0.267 e. The molecule has 2 atom stereocenters. The summed E-state index contributed by atoms with van der Waals surface area (Å²) in [7, 11) is 0. The first-order valence-corrected chi connectivity index (χ1v) is 5.71. The number of nitrogens with zero attached hydrogens (tertiary/aromatic N) is 1. The van der Waals surface area contributed by atoms with Crippen LogP contribution >= 0.6 is 0 Å². The van der Waals surface area contributed by atoms with Gasteiger partial charge in [0, 0.05) is 11.8 Å². The minimum absolute atomic E-state index is 0.00981. The number of aliphatic hydroxyl groups is 1. The molecule has 0 radical (unpaired) electrons. The Hall–Kier alpha value is -1.03. The van der Waals surface area contributed by atoms with Crippen LogP contribution in [0.3, 0.4) is 0 Å². The highest BCUT2D eigenvalue weighted by Crippen LogP contribution is 2.28. The van der Waals surface area contributed by atoms with Crippen molar-refractivity contribution in [2.75, 3.05) is 0 Å². The molecule has 0 aromatic carbocycles. The molecule has 1 aromatic rings. The second-order valence-electron chi connectivity index (χ2n) is 4.31. The second kappa shape index (κ2) is 4.23. The summed E-state index contributed by atoms with van der Waals surface area (Å²) in [5.74, 6) is 0. The molecule has 2 rings (SSSR count). The van der Waals surface area contributed by atoms with Gasteiger partial charge in [-0.15, -0.1) is 0 Å². The molecule has 15 heavy (non-hydrogen) atoms. The Bertz CT molecular complexity index is 380. The summed E-state index contributed by atoms with van der Waals surface area (Å²) in [4.78, 5) is 11.7. The summed E-state index contributed by atoms with van der Waals surface area (Å²) in [5.41, 5.74) is 0.964. The minimum Gasteiger partial charge on any atom is -0.391 e. The van der Waals surface area contributed by atoms with Crippen molar-refractivity contribution >= 4 is 0 Å². The number of nitrogens with one attached hydrogen (secondary N) is 1.